The highest BCUT2D eigenvalue weighted by Crippen LogP contribution is 2.10. The van der Waals surface area contributed by atoms with Gasteiger partial charge in [-0.2, -0.15) is 5.10 Å². The SMILES string of the molecule is Cc1ccc(CNC(=O)c2nn(-c3ccccc3)c(C)cc2=O)cc1F. The van der Waals surface area contributed by atoms with Crippen LogP contribution >= 0.6 is 0 Å². The zero-order valence-electron chi connectivity index (χ0n) is 14.5. The van der Waals surface area contributed by atoms with Crippen molar-refractivity contribution in [3.05, 3.63) is 93.2 Å². The van der Waals surface area contributed by atoms with E-state index in [-0.39, 0.29) is 18.1 Å². The molecule has 6 heteroatoms. The lowest BCUT2D eigenvalue weighted by atomic mass is 10.1. The average molecular weight is 351 g/mol. The number of amides is 1. The fourth-order valence-electron chi connectivity index (χ4n) is 2.55. The third-order valence-corrected chi connectivity index (χ3v) is 4.01. The summed E-state index contributed by atoms with van der Waals surface area (Å²) in [5.41, 5.74) is 1.86. The third-order valence-electron chi connectivity index (χ3n) is 4.01. The molecule has 3 aromatic rings. The fraction of sp³-hybridized carbons (Fsp3) is 0.150. The second kappa shape index (κ2) is 7.31. The fourth-order valence-corrected chi connectivity index (χ4v) is 2.55. The molecule has 0 unspecified atom stereocenters. The van der Waals surface area contributed by atoms with Gasteiger partial charge < -0.3 is 5.32 Å². The van der Waals surface area contributed by atoms with Crippen molar-refractivity contribution in [1.29, 1.82) is 0 Å². The van der Waals surface area contributed by atoms with Gasteiger partial charge >= 0.3 is 0 Å². The Morgan fingerprint density at radius 1 is 1.12 bits per heavy atom. The van der Waals surface area contributed by atoms with E-state index in [0.717, 1.165) is 5.69 Å². The predicted molar refractivity (Wildman–Crippen MR) is 96.9 cm³/mol. The molecule has 0 saturated heterocycles. The van der Waals surface area contributed by atoms with Gasteiger partial charge in [0.25, 0.3) is 5.91 Å². The van der Waals surface area contributed by atoms with Crippen LogP contribution in [0.25, 0.3) is 5.69 Å². The Morgan fingerprint density at radius 3 is 2.54 bits per heavy atom. The smallest absolute Gasteiger partial charge is 0.276 e. The molecule has 0 bridgehead atoms. The number of aryl methyl sites for hydroxylation is 2. The Hall–Kier alpha value is -3.28. The molecule has 0 aliphatic rings. The second-order valence-electron chi connectivity index (χ2n) is 6.01. The maximum atomic E-state index is 13.6. The Labute approximate surface area is 150 Å². The van der Waals surface area contributed by atoms with E-state index in [0.29, 0.717) is 16.8 Å². The number of benzene rings is 2. The van der Waals surface area contributed by atoms with Gasteiger partial charge in [-0.25, -0.2) is 9.07 Å². The van der Waals surface area contributed by atoms with Crippen LogP contribution in [0.15, 0.2) is 59.4 Å². The molecule has 132 valence electrons. The molecule has 0 radical (unpaired) electrons. The van der Waals surface area contributed by atoms with Gasteiger partial charge in [-0.05, 0) is 43.2 Å². The van der Waals surface area contributed by atoms with E-state index in [1.165, 1.54) is 12.1 Å². The molecule has 0 fully saturated rings. The molecule has 3 rings (SSSR count). The number of carbonyl (C=O) groups excluding carboxylic acids is 1. The topological polar surface area (TPSA) is 64.0 Å². The van der Waals surface area contributed by atoms with E-state index >= 15 is 0 Å². The summed E-state index contributed by atoms with van der Waals surface area (Å²) in [5, 5.41) is 6.82. The monoisotopic (exact) mass is 351 g/mol. The van der Waals surface area contributed by atoms with Crippen LogP contribution in [-0.2, 0) is 6.54 Å². The minimum Gasteiger partial charge on any atom is -0.346 e. The Balaban J connectivity index is 1.85. The molecule has 2 aromatic carbocycles. The number of nitrogens with zero attached hydrogens (tertiary/aromatic N) is 2. The van der Waals surface area contributed by atoms with Crippen LogP contribution in [0.4, 0.5) is 4.39 Å². The number of rotatable bonds is 4. The maximum Gasteiger partial charge on any atom is 0.276 e. The normalized spacial score (nSPS) is 10.6. The lowest BCUT2D eigenvalue weighted by Crippen LogP contribution is -2.31. The van der Waals surface area contributed by atoms with E-state index in [4.69, 9.17) is 0 Å². The van der Waals surface area contributed by atoms with Crippen LogP contribution in [0.3, 0.4) is 0 Å². The summed E-state index contributed by atoms with van der Waals surface area (Å²) in [6.45, 7) is 3.52. The lowest BCUT2D eigenvalue weighted by molar-refractivity contribution is 0.0943. The first kappa shape index (κ1) is 17.5. The maximum absolute atomic E-state index is 13.6. The zero-order chi connectivity index (χ0) is 18.7. The molecule has 26 heavy (non-hydrogen) atoms. The van der Waals surface area contributed by atoms with Crippen molar-refractivity contribution < 1.29 is 9.18 Å². The molecule has 1 N–H and O–H groups in total. The minimum atomic E-state index is -0.597. The van der Waals surface area contributed by atoms with Crippen molar-refractivity contribution in [3.63, 3.8) is 0 Å². The lowest BCUT2D eigenvalue weighted by Gasteiger charge is -2.11. The van der Waals surface area contributed by atoms with Crippen molar-refractivity contribution in [2.45, 2.75) is 20.4 Å². The van der Waals surface area contributed by atoms with Crippen LogP contribution < -0.4 is 10.7 Å². The van der Waals surface area contributed by atoms with Crippen molar-refractivity contribution in [2.75, 3.05) is 0 Å². The molecule has 1 heterocycles. The van der Waals surface area contributed by atoms with Crippen LogP contribution in [0.2, 0.25) is 0 Å². The van der Waals surface area contributed by atoms with Gasteiger partial charge in [-0.15, -0.1) is 0 Å². The van der Waals surface area contributed by atoms with E-state index in [2.05, 4.69) is 10.4 Å². The number of carbonyl (C=O) groups is 1. The summed E-state index contributed by atoms with van der Waals surface area (Å²) < 4.78 is 15.1. The largest absolute Gasteiger partial charge is 0.346 e. The second-order valence-corrected chi connectivity index (χ2v) is 6.01. The first-order chi connectivity index (χ1) is 12.5. The molecule has 0 aliphatic heterocycles. The van der Waals surface area contributed by atoms with Crippen molar-refractivity contribution in [1.82, 2.24) is 15.1 Å². The molecule has 1 amide bonds. The van der Waals surface area contributed by atoms with Crippen LogP contribution in [0.1, 0.15) is 27.3 Å². The van der Waals surface area contributed by atoms with Crippen molar-refractivity contribution in [3.8, 4) is 5.69 Å². The summed E-state index contributed by atoms with van der Waals surface area (Å²) in [5.74, 6) is -0.933. The van der Waals surface area contributed by atoms with Gasteiger partial charge in [0.05, 0.1) is 5.69 Å². The van der Waals surface area contributed by atoms with E-state index in [9.17, 15) is 14.0 Å². The molecular weight excluding hydrogens is 333 g/mol. The van der Waals surface area contributed by atoms with Gasteiger partial charge in [-0.1, -0.05) is 30.3 Å². The average Bonchev–Trinajstić information content (AvgIpc) is 2.63. The molecule has 0 aliphatic carbocycles. The number of para-hydroxylation sites is 1. The molecular formula is C20H18FN3O2. The Bertz CT molecular complexity index is 1010. The number of hydrogen-bond acceptors (Lipinski definition) is 3. The predicted octanol–water partition coefficient (Wildman–Crippen LogP) is 2.92. The van der Waals surface area contributed by atoms with E-state index in [1.807, 2.05) is 30.3 Å². The first-order valence-corrected chi connectivity index (χ1v) is 8.15. The summed E-state index contributed by atoms with van der Waals surface area (Å²) in [7, 11) is 0. The van der Waals surface area contributed by atoms with E-state index < -0.39 is 11.3 Å². The van der Waals surface area contributed by atoms with Gasteiger partial charge in [0, 0.05) is 18.3 Å². The van der Waals surface area contributed by atoms with Crippen molar-refractivity contribution >= 4 is 5.91 Å². The number of aromatic nitrogens is 2. The van der Waals surface area contributed by atoms with Crippen LogP contribution in [0, 0.1) is 19.7 Å². The quantitative estimate of drug-likeness (QED) is 0.786. The number of nitrogens with one attached hydrogen (secondary N) is 1. The molecule has 1 aromatic heterocycles. The highest BCUT2D eigenvalue weighted by molar-refractivity contribution is 5.92. The molecule has 0 atom stereocenters. The Morgan fingerprint density at radius 2 is 1.85 bits per heavy atom. The first-order valence-electron chi connectivity index (χ1n) is 8.15. The molecule has 5 nitrogen and oxygen atoms in total. The van der Waals surface area contributed by atoms with Gasteiger partial charge in [0.15, 0.2) is 5.69 Å². The number of hydrogen-bond donors (Lipinski definition) is 1. The standard InChI is InChI=1S/C20H18FN3O2/c1-13-8-9-15(11-17(13)21)12-22-20(26)19-18(25)10-14(2)24(23-19)16-6-4-3-5-7-16/h3-11H,12H2,1-2H3,(H,22,26). The Kier molecular flexibility index (Phi) is 4.93. The summed E-state index contributed by atoms with van der Waals surface area (Å²) >= 11 is 0. The number of halogens is 1. The van der Waals surface area contributed by atoms with Gasteiger partial charge in [0.1, 0.15) is 5.82 Å². The third kappa shape index (κ3) is 3.69. The highest BCUT2D eigenvalue weighted by Gasteiger charge is 2.15. The van der Waals surface area contributed by atoms with Crippen LogP contribution in [-0.4, -0.2) is 15.7 Å². The van der Waals surface area contributed by atoms with Crippen LogP contribution in [0.5, 0.6) is 0 Å². The minimum absolute atomic E-state index is 0.108. The highest BCUT2D eigenvalue weighted by atomic mass is 19.1. The summed E-state index contributed by atoms with van der Waals surface area (Å²) in [4.78, 5) is 24.6. The van der Waals surface area contributed by atoms with Crippen molar-refractivity contribution in [2.24, 2.45) is 0 Å². The molecule has 0 spiro atoms. The van der Waals surface area contributed by atoms with E-state index in [1.54, 1.807) is 30.7 Å². The van der Waals surface area contributed by atoms with Gasteiger partial charge in [0.2, 0.25) is 5.43 Å². The van der Waals surface area contributed by atoms with Gasteiger partial charge in [-0.3, -0.25) is 9.59 Å². The summed E-state index contributed by atoms with van der Waals surface area (Å²) in [6, 6.07) is 15.3. The summed E-state index contributed by atoms with van der Waals surface area (Å²) in [6.07, 6.45) is 0. The zero-order valence-corrected chi connectivity index (χ0v) is 14.5. The molecule has 0 saturated carbocycles.